The van der Waals surface area contributed by atoms with Gasteiger partial charge in [-0.25, -0.2) is 9.07 Å². The lowest BCUT2D eigenvalue weighted by Crippen LogP contribution is -2.32. The molecule has 0 spiro atoms. The molecule has 2 aromatic carbocycles. The number of ether oxygens (including phenoxy) is 1. The molecule has 1 atom stereocenters. The molecule has 0 radical (unpaired) electrons. The average Bonchev–Trinajstić information content (AvgIpc) is 3.19. The highest BCUT2D eigenvalue weighted by Gasteiger charge is 2.35. The fraction of sp³-hybridized carbons (Fsp3) is 0.261. The van der Waals surface area contributed by atoms with Crippen LogP contribution in [0.5, 0.6) is 5.75 Å². The number of nitrogens with one attached hydrogen (secondary N) is 2. The number of hydrogen-bond donors (Lipinski definition) is 3. The van der Waals surface area contributed by atoms with Crippen LogP contribution in [0.4, 0.5) is 16.0 Å². The van der Waals surface area contributed by atoms with Gasteiger partial charge in [0.15, 0.2) is 5.82 Å². The van der Waals surface area contributed by atoms with E-state index in [9.17, 15) is 9.18 Å². The Kier molecular flexibility index (Phi) is 6.18. The normalized spacial score (nSPS) is 15.2. The summed E-state index contributed by atoms with van der Waals surface area (Å²) in [7, 11) is 1.52. The van der Waals surface area contributed by atoms with Crippen molar-refractivity contribution in [3.05, 3.63) is 77.0 Å². The number of aryl methyl sites for hydroxylation is 1. The molecule has 166 valence electrons. The number of methoxy groups -OCH3 is 1. The van der Waals surface area contributed by atoms with Gasteiger partial charge in [0.05, 0.1) is 18.4 Å². The Morgan fingerprint density at radius 1 is 1.25 bits per heavy atom. The highest BCUT2D eigenvalue weighted by molar-refractivity contribution is 6.06. The highest BCUT2D eigenvalue weighted by Crippen LogP contribution is 2.37. The van der Waals surface area contributed by atoms with Gasteiger partial charge in [-0.3, -0.25) is 4.79 Å². The number of carbonyl (C=O) groups is 1. The van der Waals surface area contributed by atoms with Crippen LogP contribution in [0.15, 0.2) is 59.8 Å². The second-order valence-electron chi connectivity index (χ2n) is 7.37. The molecule has 0 saturated heterocycles. The van der Waals surface area contributed by atoms with E-state index in [0.29, 0.717) is 52.9 Å². The molecule has 9 heteroatoms. The van der Waals surface area contributed by atoms with Gasteiger partial charge in [0.2, 0.25) is 5.95 Å². The van der Waals surface area contributed by atoms with Crippen molar-refractivity contribution in [3.63, 3.8) is 0 Å². The molecule has 4 rings (SSSR count). The first-order valence-electron chi connectivity index (χ1n) is 10.3. The van der Waals surface area contributed by atoms with Gasteiger partial charge in [0, 0.05) is 24.3 Å². The number of benzene rings is 2. The van der Waals surface area contributed by atoms with E-state index in [0.717, 1.165) is 0 Å². The fourth-order valence-corrected chi connectivity index (χ4v) is 3.75. The number of halogens is 1. The smallest absolute Gasteiger partial charge is 0.255 e. The summed E-state index contributed by atoms with van der Waals surface area (Å²) in [5.74, 6) is 0.566. The summed E-state index contributed by atoms with van der Waals surface area (Å²) in [6.07, 6.45) is 0.964. The number of allylic oxidation sites excluding steroid dienone is 1. The second-order valence-corrected chi connectivity index (χ2v) is 7.37. The lowest BCUT2D eigenvalue weighted by atomic mass is 9.94. The first-order valence-corrected chi connectivity index (χ1v) is 10.3. The van der Waals surface area contributed by atoms with E-state index in [1.54, 1.807) is 49.4 Å². The van der Waals surface area contributed by atoms with E-state index in [2.05, 4.69) is 20.7 Å². The van der Waals surface area contributed by atoms with Crippen molar-refractivity contribution in [2.75, 3.05) is 24.4 Å². The first-order chi connectivity index (χ1) is 15.5. The lowest BCUT2D eigenvalue weighted by molar-refractivity contribution is -0.113. The Morgan fingerprint density at radius 2 is 2.00 bits per heavy atom. The maximum Gasteiger partial charge on any atom is 0.255 e. The summed E-state index contributed by atoms with van der Waals surface area (Å²) in [6, 6.07) is 12.5. The van der Waals surface area contributed by atoms with Gasteiger partial charge < -0.3 is 20.5 Å². The van der Waals surface area contributed by atoms with Gasteiger partial charge in [-0.15, -0.1) is 0 Å². The summed E-state index contributed by atoms with van der Waals surface area (Å²) in [5, 5.41) is 19.6. The Labute approximate surface area is 184 Å². The molecule has 0 bridgehead atoms. The zero-order valence-corrected chi connectivity index (χ0v) is 17.8. The van der Waals surface area contributed by atoms with Crippen molar-refractivity contribution in [2.24, 2.45) is 0 Å². The molecule has 3 aromatic rings. The number of fused-ring (bicyclic) bond motifs is 1. The maximum absolute atomic E-state index is 14.9. The predicted molar refractivity (Wildman–Crippen MR) is 118 cm³/mol. The lowest BCUT2D eigenvalue weighted by Gasteiger charge is -2.29. The summed E-state index contributed by atoms with van der Waals surface area (Å²) in [6.45, 7) is 1.76. The van der Waals surface area contributed by atoms with E-state index in [1.165, 1.54) is 17.9 Å². The third kappa shape index (κ3) is 4.06. The number of amides is 1. The molecule has 8 nitrogen and oxygen atoms in total. The largest absolute Gasteiger partial charge is 0.495 e. The highest BCUT2D eigenvalue weighted by atomic mass is 19.1. The zero-order valence-electron chi connectivity index (χ0n) is 17.8. The molecule has 0 saturated carbocycles. The summed E-state index contributed by atoms with van der Waals surface area (Å²) < 4.78 is 21.8. The van der Waals surface area contributed by atoms with Crippen LogP contribution >= 0.6 is 0 Å². The standard InChI is InChI=1S/C23H24FN5O3/c1-14-20(22(31)26-17-10-5-6-11-18(17)32-2)21(15-8-3-4-9-16(15)24)29-23(25-14)27-19(28-29)12-7-13-30/h3-6,8-11,21,30H,7,12-13H2,1-2H3,(H,26,31)(H,25,27,28)/t21-/m0/s1. The summed E-state index contributed by atoms with van der Waals surface area (Å²) >= 11 is 0. The van der Waals surface area contributed by atoms with Crippen LogP contribution in [0.3, 0.4) is 0 Å². The summed E-state index contributed by atoms with van der Waals surface area (Å²) in [4.78, 5) is 17.9. The molecule has 1 aliphatic rings. The van der Waals surface area contributed by atoms with Crippen LogP contribution in [-0.2, 0) is 11.2 Å². The minimum absolute atomic E-state index is 0.0118. The Bertz CT molecular complexity index is 1170. The van der Waals surface area contributed by atoms with E-state index < -0.39 is 17.8 Å². The van der Waals surface area contributed by atoms with Crippen LogP contribution in [0.25, 0.3) is 0 Å². The summed E-state index contributed by atoms with van der Waals surface area (Å²) in [5.41, 5.74) is 1.66. The third-order valence-corrected chi connectivity index (χ3v) is 5.25. The average molecular weight is 437 g/mol. The number of nitrogens with zero attached hydrogens (tertiary/aromatic N) is 3. The van der Waals surface area contributed by atoms with Gasteiger partial charge in [-0.1, -0.05) is 30.3 Å². The number of para-hydroxylation sites is 2. The van der Waals surface area contributed by atoms with Crippen molar-refractivity contribution in [1.29, 1.82) is 0 Å². The van der Waals surface area contributed by atoms with Gasteiger partial charge >= 0.3 is 0 Å². The fourth-order valence-electron chi connectivity index (χ4n) is 3.75. The van der Waals surface area contributed by atoms with Gasteiger partial charge in [-0.2, -0.15) is 10.1 Å². The minimum Gasteiger partial charge on any atom is -0.495 e. The van der Waals surface area contributed by atoms with Crippen LogP contribution in [0.2, 0.25) is 0 Å². The number of aliphatic hydroxyl groups excluding tert-OH is 1. The number of rotatable bonds is 7. The second kappa shape index (κ2) is 9.19. The maximum atomic E-state index is 14.9. The third-order valence-electron chi connectivity index (χ3n) is 5.25. The van der Waals surface area contributed by atoms with Crippen LogP contribution < -0.4 is 15.4 Å². The van der Waals surface area contributed by atoms with Crippen LogP contribution in [0, 0.1) is 5.82 Å². The number of hydrogen-bond acceptors (Lipinski definition) is 6. The molecule has 32 heavy (non-hydrogen) atoms. The van der Waals surface area contributed by atoms with Crippen molar-refractivity contribution in [3.8, 4) is 5.75 Å². The molecule has 3 N–H and O–H groups in total. The quantitative estimate of drug-likeness (QED) is 0.524. The molecule has 0 aliphatic carbocycles. The van der Waals surface area contributed by atoms with Crippen LogP contribution in [0.1, 0.15) is 30.8 Å². The van der Waals surface area contributed by atoms with E-state index in [1.807, 2.05) is 0 Å². The number of anilines is 2. The van der Waals surface area contributed by atoms with Gasteiger partial charge in [0.25, 0.3) is 5.91 Å². The van der Waals surface area contributed by atoms with Gasteiger partial charge in [0.1, 0.15) is 17.6 Å². The Hall–Kier alpha value is -3.72. The predicted octanol–water partition coefficient (Wildman–Crippen LogP) is 3.28. The molecule has 1 aliphatic heterocycles. The topological polar surface area (TPSA) is 101 Å². The molecule has 2 heterocycles. The van der Waals surface area contributed by atoms with E-state index >= 15 is 0 Å². The number of carbonyl (C=O) groups excluding carboxylic acids is 1. The molecule has 0 unspecified atom stereocenters. The van der Waals surface area contributed by atoms with Gasteiger partial charge in [-0.05, 0) is 31.5 Å². The van der Waals surface area contributed by atoms with E-state index in [4.69, 9.17) is 9.84 Å². The minimum atomic E-state index is -0.822. The first kappa shape index (κ1) is 21.5. The van der Waals surface area contributed by atoms with Crippen molar-refractivity contribution < 1.29 is 19.0 Å². The zero-order chi connectivity index (χ0) is 22.7. The SMILES string of the molecule is COc1ccccc1NC(=O)C1=C(C)Nc2nc(CCCO)nn2[C@H]1c1ccccc1F. The monoisotopic (exact) mass is 437 g/mol. The Morgan fingerprint density at radius 3 is 2.75 bits per heavy atom. The van der Waals surface area contributed by atoms with Crippen molar-refractivity contribution in [2.45, 2.75) is 25.8 Å². The van der Waals surface area contributed by atoms with Crippen molar-refractivity contribution in [1.82, 2.24) is 14.8 Å². The molecule has 0 fully saturated rings. The van der Waals surface area contributed by atoms with E-state index in [-0.39, 0.29) is 6.61 Å². The molecular weight excluding hydrogens is 413 g/mol. The molecule has 1 aromatic heterocycles. The van der Waals surface area contributed by atoms with Crippen molar-refractivity contribution >= 4 is 17.5 Å². The molecular formula is C23H24FN5O3. The molecule has 1 amide bonds. The number of aliphatic hydroxyl groups is 1. The number of aromatic nitrogens is 3. The van der Waals surface area contributed by atoms with Crippen LogP contribution in [-0.4, -0.2) is 39.5 Å². The Balaban J connectivity index is 1.78.